The molecule has 2 aromatic carbocycles. The third-order valence-corrected chi connectivity index (χ3v) is 7.19. The molecule has 2 amide bonds. The zero-order valence-electron chi connectivity index (χ0n) is 19.8. The lowest BCUT2D eigenvalue weighted by molar-refractivity contribution is -0.133. The molecule has 0 spiro atoms. The molecule has 34 heavy (non-hydrogen) atoms. The van der Waals surface area contributed by atoms with E-state index in [0.717, 1.165) is 16.9 Å². The molecule has 1 aliphatic rings. The Labute approximate surface area is 204 Å². The van der Waals surface area contributed by atoms with E-state index in [1.807, 2.05) is 54.5 Å². The lowest BCUT2D eigenvalue weighted by atomic mass is 10.1. The summed E-state index contributed by atoms with van der Waals surface area (Å²) in [5, 5.41) is 2.05. The van der Waals surface area contributed by atoms with Gasteiger partial charge in [-0.3, -0.25) is 9.59 Å². The minimum absolute atomic E-state index is 0.0134. The molecule has 0 radical (unpaired) electrons. The van der Waals surface area contributed by atoms with Crippen LogP contribution in [0.25, 0.3) is 0 Å². The van der Waals surface area contributed by atoms with Crippen LogP contribution >= 0.6 is 11.3 Å². The minimum Gasteiger partial charge on any atom is -0.454 e. The molecule has 0 saturated carbocycles. The van der Waals surface area contributed by atoms with E-state index < -0.39 is 0 Å². The summed E-state index contributed by atoms with van der Waals surface area (Å²) in [6.45, 7) is 7.23. The predicted octanol–water partition coefficient (Wildman–Crippen LogP) is 5.25. The van der Waals surface area contributed by atoms with Gasteiger partial charge in [0.2, 0.25) is 12.7 Å². The zero-order valence-corrected chi connectivity index (χ0v) is 20.6. The number of rotatable bonds is 9. The number of benzene rings is 2. The van der Waals surface area contributed by atoms with Crippen LogP contribution in [0.3, 0.4) is 0 Å². The fourth-order valence-corrected chi connectivity index (χ4v) is 4.79. The van der Waals surface area contributed by atoms with Gasteiger partial charge in [0.15, 0.2) is 11.5 Å². The molecule has 6 nitrogen and oxygen atoms in total. The first kappa shape index (κ1) is 23.8. The summed E-state index contributed by atoms with van der Waals surface area (Å²) >= 11 is 1.65. The second-order valence-electron chi connectivity index (χ2n) is 8.52. The van der Waals surface area contributed by atoms with Crippen molar-refractivity contribution in [3.05, 3.63) is 81.5 Å². The van der Waals surface area contributed by atoms with Crippen LogP contribution in [0.15, 0.2) is 60.0 Å². The van der Waals surface area contributed by atoms with E-state index in [-0.39, 0.29) is 31.2 Å². The number of nitrogens with zero attached hydrogens (tertiary/aromatic N) is 2. The summed E-state index contributed by atoms with van der Waals surface area (Å²) in [5.74, 6) is 0.919. The average molecular weight is 479 g/mol. The minimum atomic E-state index is -0.187. The molecule has 1 aromatic heterocycles. The third-order valence-electron chi connectivity index (χ3n) is 6.18. The lowest BCUT2D eigenvalue weighted by Crippen LogP contribution is -2.46. The van der Waals surface area contributed by atoms with Crippen molar-refractivity contribution in [2.75, 3.05) is 13.3 Å². The molecule has 0 N–H and O–H groups in total. The SMILES string of the molecule is CC[C@H](C)N(CC(=O)N(Cc1ccccc1)Cc1sccc1C)C(=O)c1ccc2c(c1)OCO2. The molecular formula is C27H30N2O4S. The largest absolute Gasteiger partial charge is 0.454 e. The van der Waals surface area contributed by atoms with Crippen molar-refractivity contribution in [1.82, 2.24) is 9.80 Å². The third kappa shape index (κ3) is 5.42. The molecule has 0 bridgehead atoms. The van der Waals surface area contributed by atoms with Crippen molar-refractivity contribution >= 4 is 23.2 Å². The number of aryl methyl sites for hydroxylation is 1. The van der Waals surface area contributed by atoms with Crippen LogP contribution in [-0.2, 0) is 17.9 Å². The Bertz CT molecular complexity index is 1140. The quantitative estimate of drug-likeness (QED) is 0.421. The maximum Gasteiger partial charge on any atom is 0.254 e. The van der Waals surface area contributed by atoms with Gasteiger partial charge in [0.1, 0.15) is 6.54 Å². The van der Waals surface area contributed by atoms with Crippen LogP contribution in [0.5, 0.6) is 11.5 Å². The Kier molecular flexibility index (Phi) is 7.53. The number of hydrogen-bond donors (Lipinski definition) is 0. The molecule has 0 aliphatic carbocycles. The highest BCUT2D eigenvalue weighted by atomic mass is 32.1. The first-order valence-electron chi connectivity index (χ1n) is 11.5. The Morgan fingerprint density at radius 2 is 1.79 bits per heavy atom. The van der Waals surface area contributed by atoms with E-state index in [9.17, 15) is 9.59 Å². The monoisotopic (exact) mass is 478 g/mol. The summed E-state index contributed by atoms with van der Waals surface area (Å²) in [6, 6.07) is 17.1. The Balaban J connectivity index is 1.56. The number of ether oxygens (including phenoxy) is 2. The lowest BCUT2D eigenvalue weighted by Gasteiger charge is -2.31. The highest BCUT2D eigenvalue weighted by Crippen LogP contribution is 2.33. The van der Waals surface area contributed by atoms with Gasteiger partial charge in [-0.15, -0.1) is 11.3 Å². The first-order valence-corrected chi connectivity index (χ1v) is 12.4. The van der Waals surface area contributed by atoms with E-state index in [2.05, 4.69) is 13.0 Å². The predicted molar refractivity (Wildman–Crippen MR) is 133 cm³/mol. The van der Waals surface area contributed by atoms with E-state index in [1.54, 1.807) is 34.4 Å². The molecule has 1 atom stereocenters. The molecular weight excluding hydrogens is 448 g/mol. The van der Waals surface area contributed by atoms with Crippen molar-refractivity contribution in [1.29, 1.82) is 0 Å². The van der Waals surface area contributed by atoms with Crippen LogP contribution in [0.4, 0.5) is 0 Å². The van der Waals surface area contributed by atoms with Gasteiger partial charge in [0.05, 0.1) is 6.54 Å². The maximum absolute atomic E-state index is 13.6. The van der Waals surface area contributed by atoms with Crippen molar-refractivity contribution in [2.45, 2.75) is 46.3 Å². The number of thiophene rings is 1. The van der Waals surface area contributed by atoms with Crippen molar-refractivity contribution in [3.8, 4) is 11.5 Å². The first-order chi connectivity index (χ1) is 16.5. The summed E-state index contributed by atoms with van der Waals surface area (Å²) in [4.78, 5) is 31.8. The van der Waals surface area contributed by atoms with E-state index in [1.165, 1.54) is 5.56 Å². The number of hydrogen-bond acceptors (Lipinski definition) is 5. The number of fused-ring (bicyclic) bond motifs is 1. The number of carbonyl (C=O) groups excluding carboxylic acids is 2. The summed E-state index contributed by atoms with van der Waals surface area (Å²) in [6.07, 6.45) is 0.742. The highest BCUT2D eigenvalue weighted by Gasteiger charge is 2.27. The molecule has 7 heteroatoms. The van der Waals surface area contributed by atoms with E-state index in [0.29, 0.717) is 30.2 Å². The maximum atomic E-state index is 13.6. The van der Waals surface area contributed by atoms with E-state index >= 15 is 0 Å². The van der Waals surface area contributed by atoms with Gasteiger partial charge >= 0.3 is 0 Å². The van der Waals surface area contributed by atoms with Gasteiger partial charge in [-0.2, -0.15) is 0 Å². The second kappa shape index (κ2) is 10.7. The van der Waals surface area contributed by atoms with Gasteiger partial charge in [0, 0.05) is 23.0 Å². The van der Waals surface area contributed by atoms with Crippen LogP contribution in [-0.4, -0.2) is 41.0 Å². The smallest absolute Gasteiger partial charge is 0.254 e. The second-order valence-corrected chi connectivity index (χ2v) is 9.52. The van der Waals surface area contributed by atoms with E-state index in [4.69, 9.17) is 9.47 Å². The van der Waals surface area contributed by atoms with Crippen LogP contribution in [0.1, 0.15) is 46.6 Å². The molecule has 3 aromatic rings. The van der Waals surface area contributed by atoms with Crippen molar-refractivity contribution in [2.24, 2.45) is 0 Å². The van der Waals surface area contributed by atoms with Gasteiger partial charge in [-0.1, -0.05) is 37.3 Å². The van der Waals surface area contributed by atoms with Crippen molar-refractivity contribution < 1.29 is 19.1 Å². The standard InChI is InChI=1S/C27H30N2O4S/c1-4-20(3)29(27(31)22-10-11-23-24(14-22)33-18-32-23)17-26(30)28(15-21-8-6-5-7-9-21)16-25-19(2)12-13-34-25/h5-14,20H,4,15-18H2,1-3H3/t20-/m0/s1. The summed E-state index contributed by atoms with van der Waals surface area (Å²) < 4.78 is 10.8. The van der Waals surface area contributed by atoms with Gasteiger partial charge < -0.3 is 19.3 Å². The molecule has 1 aliphatic heterocycles. The molecule has 4 rings (SSSR count). The molecule has 0 unspecified atom stereocenters. The van der Waals surface area contributed by atoms with Gasteiger partial charge in [-0.05, 0) is 61.0 Å². The molecule has 178 valence electrons. The highest BCUT2D eigenvalue weighted by molar-refractivity contribution is 7.10. The Hall–Kier alpha value is -3.32. The van der Waals surface area contributed by atoms with Gasteiger partial charge in [-0.25, -0.2) is 0 Å². The topological polar surface area (TPSA) is 59.1 Å². The van der Waals surface area contributed by atoms with Crippen LogP contribution in [0, 0.1) is 6.92 Å². The Morgan fingerprint density at radius 3 is 2.50 bits per heavy atom. The van der Waals surface area contributed by atoms with Crippen LogP contribution < -0.4 is 9.47 Å². The number of carbonyl (C=O) groups is 2. The molecule has 0 fully saturated rings. The summed E-state index contributed by atoms with van der Waals surface area (Å²) in [5.41, 5.74) is 2.72. The fraction of sp³-hybridized carbons (Fsp3) is 0.333. The van der Waals surface area contributed by atoms with Gasteiger partial charge in [0.25, 0.3) is 5.91 Å². The summed E-state index contributed by atoms with van der Waals surface area (Å²) in [7, 11) is 0. The zero-order chi connectivity index (χ0) is 24.1. The molecule has 0 saturated heterocycles. The Morgan fingerprint density at radius 1 is 1.03 bits per heavy atom. The average Bonchev–Trinajstić information content (AvgIpc) is 3.49. The fourth-order valence-electron chi connectivity index (χ4n) is 3.86. The number of amides is 2. The van der Waals surface area contributed by atoms with Crippen LogP contribution in [0.2, 0.25) is 0 Å². The molecule has 2 heterocycles. The normalized spacial score (nSPS) is 12.9. The van der Waals surface area contributed by atoms with Crippen molar-refractivity contribution in [3.63, 3.8) is 0 Å².